The number of aromatic nitrogens is 3. The Labute approximate surface area is 151 Å². The van der Waals surface area contributed by atoms with E-state index in [1.165, 1.54) is 0 Å². The van der Waals surface area contributed by atoms with Gasteiger partial charge in [0.25, 0.3) is 5.91 Å². The van der Waals surface area contributed by atoms with E-state index in [0.717, 1.165) is 11.3 Å². The predicted octanol–water partition coefficient (Wildman–Crippen LogP) is 3.97. The number of pyridine rings is 1. The Balaban J connectivity index is 1.86. The first-order chi connectivity index (χ1) is 12.1. The summed E-state index contributed by atoms with van der Waals surface area (Å²) in [6, 6.07) is 13.1. The largest absolute Gasteiger partial charge is 0.348 e. The predicted molar refractivity (Wildman–Crippen MR) is 98.1 cm³/mol. The molecule has 0 saturated carbocycles. The van der Waals surface area contributed by atoms with Crippen molar-refractivity contribution in [2.24, 2.45) is 0 Å². The second-order valence-electron chi connectivity index (χ2n) is 5.97. The normalized spacial score (nSPS) is 10.9. The van der Waals surface area contributed by atoms with Gasteiger partial charge in [0.1, 0.15) is 0 Å². The standard InChI is InChI=1S/C19H19ClN4O/c1-13(2)18-15(12-23-24(18)17-9-5-6-10-21-17)19(25)22-11-14-7-3-4-8-16(14)20/h3-10,12-13H,11H2,1-2H3,(H,22,25). The minimum Gasteiger partial charge on any atom is -0.348 e. The van der Waals surface area contributed by atoms with Crippen molar-refractivity contribution in [3.05, 3.63) is 76.7 Å². The lowest BCUT2D eigenvalue weighted by atomic mass is 10.1. The van der Waals surface area contributed by atoms with Crippen LogP contribution in [-0.4, -0.2) is 20.7 Å². The zero-order chi connectivity index (χ0) is 17.8. The zero-order valence-corrected chi connectivity index (χ0v) is 14.9. The van der Waals surface area contributed by atoms with Crippen LogP contribution in [0.1, 0.15) is 41.4 Å². The van der Waals surface area contributed by atoms with Gasteiger partial charge in [0.15, 0.2) is 5.82 Å². The summed E-state index contributed by atoms with van der Waals surface area (Å²) in [6.07, 6.45) is 3.30. The average molecular weight is 355 g/mol. The van der Waals surface area contributed by atoms with E-state index < -0.39 is 0 Å². The van der Waals surface area contributed by atoms with Crippen LogP contribution in [0.5, 0.6) is 0 Å². The number of rotatable bonds is 5. The topological polar surface area (TPSA) is 59.8 Å². The Morgan fingerprint density at radius 3 is 2.64 bits per heavy atom. The number of hydrogen-bond donors (Lipinski definition) is 1. The third-order valence-corrected chi connectivity index (χ3v) is 4.23. The first-order valence-electron chi connectivity index (χ1n) is 8.09. The highest BCUT2D eigenvalue weighted by Crippen LogP contribution is 2.22. The Hall–Kier alpha value is -2.66. The Kier molecular flexibility index (Phi) is 5.14. The molecule has 5 nitrogen and oxygen atoms in total. The molecular formula is C19H19ClN4O. The fraction of sp³-hybridized carbons (Fsp3) is 0.211. The van der Waals surface area contributed by atoms with Gasteiger partial charge in [0.2, 0.25) is 0 Å². The number of nitrogens with one attached hydrogen (secondary N) is 1. The van der Waals surface area contributed by atoms with Gasteiger partial charge in [-0.2, -0.15) is 5.10 Å². The molecule has 1 aromatic carbocycles. The molecule has 0 aliphatic heterocycles. The van der Waals surface area contributed by atoms with Gasteiger partial charge >= 0.3 is 0 Å². The summed E-state index contributed by atoms with van der Waals surface area (Å²) in [5, 5.41) is 7.92. The van der Waals surface area contributed by atoms with Gasteiger partial charge in [-0.3, -0.25) is 4.79 Å². The molecule has 1 amide bonds. The minimum atomic E-state index is -0.175. The zero-order valence-electron chi connectivity index (χ0n) is 14.1. The van der Waals surface area contributed by atoms with Gasteiger partial charge in [-0.25, -0.2) is 9.67 Å². The average Bonchev–Trinajstić information content (AvgIpc) is 3.07. The van der Waals surface area contributed by atoms with Crippen LogP contribution >= 0.6 is 11.6 Å². The molecule has 0 aliphatic rings. The molecule has 6 heteroatoms. The van der Waals surface area contributed by atoms with Gasteiger partial charge in [0, 0.05) is 17.8 Å². The Morgan fingerprint density at radius 2 is 1.96 bits per heavy atom. The number of amides is 1. The molecule has 3 rings (SSSR count). The number of benzene rings is 1. The molecule has 0 aliphatic carbocycles. The van der Waals surface area contributed by atoms with Crippen LogP contribution in [0.15, 0.2) is 54.9 Å². The second-order valence-corrected chi connectivity index (χ2v) is 6.38. The molecule has 0 unspecified atom stereocenters. The lowest BCUT2D eigenvalue weighted by Gasteiger charge is -2.12. The van der Waals surface area contributed by atoms with Crippen LogP contribution in [0.3, 0.4) is 0 Å². The van der Waals surface area contributed by atoms with E-state index in [1.54, 1.807) is 17.1 Å². The highest BCUT2D eigenvalue weighted by Gasteiger charge is 2.21. The molecule has 1 N–H and O–H groups in total. The van der Waals surface area contributed by atoms with Crippen LogP contribution in [0.25, 0.3) is 5.82 Å². The number of nitrogens with zero attached hydrogens (tertiary/aromatic N) is 3. The summed E-state index contributed by atoms with van der Waals surface area (Å²) < 4.78 is 1.72. The Morgan fingerprint density at radius 1 is 1.20 bits per heavy atom. The van der Waals surface area contributed by atoms with Crippen molar-refractivity contribution in [2.75, 3.05) is 0 Å². The smallest absolute Gasteiger partial charge is 0.255 e. The second kappa shape index (κ2) is 7.49. The van der Waals surface area contributed by atoms with E-state index in [-0.39, 0.29) is 11.8 Å². The van der Waals surface area contributed by atoms with Gasteiger partial charge in [-0.05, 0) is 29.7 Å². The lowest BCUT2D eigenvalue weighted by Crippen LogP contribution is -2.24. The maximum absolute atomic E-state index is 12.7. The van der Waals surface area contributed by atoms with Crippen LogP contribution < -0.4 is 5.32 Å². The molecule has 2 heterocycles. The highest BCUT2D eigenvalue weighted by molar-refractivity contribution is 6.31. The van der Waals surface area contributed by atoms with Crippen LogP contribution in [0, 0.1) is 0 Å². The molecule has 25 heavy (non-hydrogen) atoms. The first-order valence-corrected chi connectivity index (χ1v) is 8.46. The number of carbonyl (C=O) groups is 1. The molecule has 3 aromatic rings. The summed E-state index contributed by atoms with van der Waals surface area (Å²) in [5.74, 6) is 0.632. The van der Waals surface area contributed by atoms with Crippen LogP contribution in [0.4, 0.5) is 0 Å². The van der Waals surface area contributed by atoms with E-state index >= 15 is 0 Å². The van der Waals surface area contributed by atoms with Gasteiger partial charge < -0.3 is 5.32 Å². The summed E-state index contributed by atoms with van der Waals surface area (Å²) in [4.78, 5) is 17.0. The minimum absolute atomic E-state index is 0.116. The van der Waals surface area contributed by atoms with Crippen molar-refractivity contribution < 1.29 is 4.79 Å². The molecule has 2 aromatic heterocycles. The van der Waals surface area contributed by atoms with E-state index in [0.29, 0.717) is 22.9 Å². The van der Waals surface area contributed by atoms with Crippen molar-refractivity contribution in [1.29, 1.82) is 0 Å². The van der Waals surface area contributed by atoms with Crippen molar-refractivity contribution in [3.8, 4) is 5.82 Å². The molecule has 0 spiro atoms. The van der Waals surface area contributed by atoms with E-state index in [9.17, 15) is 4.79 Å². The molecule has 0 fully saturated rings. The van der Waals surface area contributed by atoms with E-state index in [2.05, 4.69) is 15.4 Å². The lowest BCUT2D eigenvalue weighted by molar-refractivity contribution is 0.0949. The Bertz CT molecular complexity index is 874. The summed E-state index contributed by atoms with van der Waals surface area (Å²) in [5.41, 5.74) is 2.25. The highest BCUT2D eigenvalue weighted by atomic mass is 35.5. The van der Waals surface area contributed by atoms with Gasteiger partial charge in [-0.15, -0.1) is 0 Å². The molecule has 128 valence electrons. The first kappa shape index (κ1) is 17.2. The fourth-order valence-corrected chi connectivity index (χ4v) is 2.87. The van der Waals surface area contributed by atoms with Crippen LogP contribution in [-0.2, 0) is 6.54 Å². The fourth-order valence-electron chi connectivity index (χ4n) is 2.66. The van der Waals surface area contributed by atoms with Crippen molar-refractivity contribution in [3.63, 3.8) is 0 Å². The third-order valence-electron chi connectivity index (χ3n) is 3.86. The van der Waals surface area contributed by atoms with E-state index in [4.69, 9.17) is 11.6 Å². The SMILES string of the molecule is CC(C)c1c(C(=O)NCc2ccccc2Cl)cnn1-c1ccccn1. The monoisotopic (exact) mass is 354 g/mol. The van der Waals surface area contributed by atoms with Gasteiger partial charge in [0.05, 0.1) is 17.5 Å². The maximum Gasteiger partial charge on any atom is 0.255 e. The number of carbonyl (C=O) groups excluding carboxylic acids is 1. The van der Waals surface area contributed by atoms with Crippen molar-refractivity contribution in [2.45, 2.75) is 26.3 Å². The quantitative estimate of drug-likeness (QED) is 0.754. The molecule has 0 saturated heterocycles. The summed E-state index contributed by atoms with van der Waals surface area (Å²) in [7, 11) is 0. The molecule has 0 atom stereocenters. The molecular weight excluding hydrogens is 336 g/mol. The maximum atomic E-state index is 12.7. The van der Waals surface area contributed by atoms with Gasteiger partial charge in [-0.1, -0.05) is 49.7 Å². The molecule has 0 radical (unpaired) electrons. The van der Waals surface area contributed by atoms with Crippen molar-refractivity contribution in [1.82, 2.24) is 20.1 Å². The summed E-state index contributed by atoms with van der Waals surface area (Å²) in [6.45, 7) is 4.42. The van der Waals surface area contributed by atoms with Crippen LogP contribution in [0.2, 0.25) is 5.02 Å². The van der Waals surface area contributed by atoms with E-state index in [1.807, 2.05) is 56.3 Å². The summed E-state index contributed by atoms with van der Waals surface area (Å²) >= 11 is 6.14. The third kappa shape index (κ3) is 3.72. The molecule has 0 bridgehead atoms. The number of halogens is 1. The van der Waals surface area contributed by atoms with Crippen molar-refractivity contribution >= 4 is 17.5 Å². The number of hydrogen-bond acceptors (Lipinski definition) is 3.